The van der Waals surface area contributed by atoms with Crippen LogP contribution >= 0.6 is 0 Å². The van der Waals surface area contributed by atoms with Crippen LogP contribution in [0.4, 0.5) is 11.4 Å². The number of carbonyl (C=O) groups excluding carboxylic acids is 2. The van der Waals surface area contributed by atoms with Crippen LogP contribution < -0.4 is 10.6 Å². The minimum atomic E-state index is -1.28. The molecule has 26 nitrogen and oxygen atoms in total. The number of amides is 2. The zero-order valence-corrected chi connectivity index (χ0v) is 36.4. The van der Waals surface area contributed by atoms with Gasteiger partial charge in [-0.2, -0.15) is 0 Å². The van der Waals surface area contributed by atoms with Crippen LogP contribution in [-0.2, 0) is 54.4 Å². The van der Waals surface area contributed by atoms with Crippen LogP contribution in [0.5, 0.6) is 0 Å². The Balaban J connectivity index is 1.97. The lowest BCUT2D eigenvalue weighted by atomic mass is 10.0. The first-order valence-electron chi connectivity index (χ1n) is 20.4. The van der Waals surface area contributed by atoms with Crippen LogP contribution in [0.2, 0.25) is 0 Å². The number of carboxylic acid groups (broad SMARTS) is 8. The second-order valence-electron chi connectivity index (χ2n) is 15.2. The quantitative estimate of drug-likeness (QED) is 0.0342. The first-order chi connectivity index (χ1) is 31.5. The van der Waals surface area contributed by atoms with Gasteiger partial charge in [0.2, 0.25) is 11.8 Å². The lowest BCUT2D eigenvalue weighted by Gasteiger charge is -2.27. The van der Waals surface area contributed by atoms with Crippen molar-refractivity contribution in [2.45, 2.75) is 6.42 Å². The van der Waals surface area contributed by atoms with E-state index < -0.39 is 112 Å². The second-order valence-corrected chi connectivity index (χ2v) is 15.2. The largest absolute Gasteiger partial charge is 0.480 e. The van der Waals surface area contributed by atoms with Gasteiger partial charge < -0.3 is 51.5 Å². The van der Waals surface area contributed by atoms with Gasteiger partial charge in [-0.25, -0.2) is 0 Å². The molecule has 67 heavy (non-hydrogen) atoms. The molecule has 2 rings (SSSR count). The second kappa shape index (κ2) is 29.4. The van der Waals surface area contributed by atoms with Gasteiger partial charge >= 0.3 is 47.8 Å². The Bertz CT molecular complexity index is 1850. The van der Waals surface area contributed by atoms with Crippen LogP contribution in [-0.4, -0.2) is 248 Å². The van der Waals surface area contributed by atoms with E-state index in [9.17, 15) is 68.4 Å². The maximum Gasteiger partial charge on any atom is 0.317 e. The minimum Gasteiger partial charge on any atom is -0.480 e. The first-order valence-corrected chi connectivity index (χ1v) is 20.4. The SMILES string of the molecule is O=C(O)CN(CCN(CC(=O)O)CC(=O)O)CCN(CC(=O)O)CC(=O)Nc1ccc(Cc2ccc(NC(=O)CN(CCN(CCN(CC(=O)O)CC(=O)O)CC(=O)O)CC(=O)O)cc2)cc1. The predicted octanol–water partition coefficient (Wildman–Crippen LogP) is -2.36. The number of carboxylic acids is 8. The molecular formula is C41H56N8O18. The standard InChI is InChI=1S/C41H56N8O18/c50-32(18-46(22-36(56)57)13-9-44(20-34(52)53)11-15-48(24-38(60)61)25-39(62)63)42-30-5-1-28(2-6-30)17-29-3-7-31(8-4-29)43-33(51)19-47(23-37(58)59)14-10-45(21-35(54)55)12-16-49(26-40(64)65)27-41(66)67/h1-8H,9-27H2,(H,42,50)(H,43,51)(H,52,53)(H,54,55)(H,56,57)(H,58,59)(H,60,61)(H,62,63)(H,64,65)(H,66,67). The fourth-order valence-corrected chi connectivity index (χ4v) is 6.51. The molecule has 0 atom stereocenters. The van der Waals surface area contributed by atoms with Crippen molar-refractivity contribution in [1.29, 1.82) is 0 Å². The zero-order valence-electron chi connectivity index (χ0n) is 36.4. The fraction of sp³-hybridized carbons (Fsp3) is 0.463. The Hall–Kier alpha value is -7.10. The van der Waals surface area contributed by atoms with E-state index in [4.69, 9.17) is 20.4 Å². The summed E-state index contributed by atoms with van der Waals surface area (Å²) in [4.78, 5) is 124. The number of aliphatic carboxylic acids is 8. The van der Waals surface area contributed by atoms with Gasteiger partial charge in [0, 0.05) is 63.7 Å². The van der Waals surface area contributed by atoms with Gasteiger partial charge in [0.05, 0.1) is 65.4 Å². The van der Waals surface area contributed by atoms with E-state index in [-0.39, 0.29) is 65.4 Å². The molecular weight excluding hydrogens is 892 g/mol. The molecule has 2 aromatic rings. The van der Waals surface area contributed by atoms with Gasteiger partial charge in [0.25, 0.3) is 0 Å². The summed E-state index contributed by atoms with van der Waals surface area (Å²) >= 11 is 0. The van der Waals surface area contributed by atoms with Crippen molar-refractivity contribution in [3.05, 3.63) is 59.7 Å². The maximum atomic E-state index is 12.9. The Kier molecular flexibility index (Phi) is 24.6. The van der Waals surface area contributed by atoms with Crippen molar-refractivity contribution in [2.75, 3.05) is 128 Å². The highest BCUT2D eigenvalue weighted by molar-refractivity contribution is 5.93. The highest BCUT2D eigenvalue weighted by Crippen LogP contribution is 2.16. The Morgan fingerprint density at radius 1 is 0.299 bits per heavy atom. The van der Waals surface area contributed by atoms with E-state index in [1.807, 2.05) is 0 Å². The number of carbonyl (C=O) groups is 10. The fourth-order valence-electron chi connectivity index (χ4n) is 6.51. The van der Waals surface area contributed by atoms with Crippen LogP contribution in [0.1, 0.15) is 11.1 Å². The Morgan fingerprint density at radius 2 is 0.493 bits per heavy atom. The smallest absolute Gasteiger partial charge is 0.317 e. The van der Waals surface area contributed by atoms with Crippen LogP contribution in [0, 0.1) is 0 Å². The van der Waals surface area contributed by atoms with Gasteiger partial charge in [-0.15, -0.1) is 0 Å². The molecule has 26 heteroatoms. The van der Waals surface area contributed by atoms with Gasteiger partial charge in [0.1, 0.15) is 0 Å². The highest BCUT2D eigenvalue weighted by atomic mass is 16.4. The van der Waals surface area contributed by atoms with E-state index in [1.165, 1.54) is 19.6 Å². The topological polar surface area (TPSA) is 376 Å². The summed E-state index contributed by atoms with van der Waals surface area (Å²) in [5.74, 6) is -11.2. The molecule has 0 heterocycles. The summed E-state index contributed by atoms with van der Waals surface area (Å²) in [7, 11) is 0. The Morgan fingerprint density at radius 3 is 0.716 bits per heavy atom. The number of hydrogen-bond acceptors (Lipinski definition) is 16. The molecule has 0 aliphatic carbocycles. The third-order valence-electron chi connectivity index (χ3n) is 9.42. The number of rotatable bonds is 36. The lowest BCUT2D eigenvalue weighted by Crippen LogP contribution is -2.46. The molecule has 0 aromatic heterocycles. The average molecular weight is 949 g/mol. The molecule has 0 spiro atoms. The molecule has 0 radical (unpaired) electrons. The third kappa shape index (κ3) is 26.5. The number of nitrogens with zero attached hydrogens (tertiary/aromatic N) is 6. The van der Waals surface area contributed by atoms with E-state index in [0.717, 1.165) is 20.9 Å². The lowest BCUT2D eigenvalue weighted by molar-refractivity contribution is -0.144. The summed E-state index contributed by atoms with van der Waals surface area (Å²) in [6, 6.07) is 13.5. The number of hydrogen-bond donors (Lipinski definition) is 10. The monoisotopic (exact) mass is 948 g/mol. The van der Waals surface area contributed by atoms with Crippen molar-refractivity contribution in [1.82, 2.24) is 29.4 Å². The third-order valence-corrected chi connectivity index (χ3v) is 9.42. The van der Waals surface area contributed by atoms with Gasteiger partial charge in [-0.3, -0.25) is 77.3 Å². The molecule has 0 fully saturated rings. The summed E-state index contributed by atoms with van der Waals surface area (Å²) < 4.78 is 0. The van der Waals surface area contributed by atoms with Crippen molar-refractivity contribution in [2.24, 2.45) is 0 Å². The molecule has 0 saturated carbocycles. The number of benzene rings is 2. The molecule has 2 amide bonds. The number of anilines is 2. The van der Waals surface area contributed by atoms with Gasteiger partial charge in [-0.05, 0) is 41.8 Å². The van der Waals surface area contributed by atoms with Crippen molar-refractivity contribution >= 4 is 70.9 Å². The molecule has 0 aliphatic heterocycles. The summed E-state index contributed by atoms with van der Waals surface area (Å²) in [5, 5.41) is 79.3. The van der Waals surface area contributed by atoms with E-state index in [0.29, 0.717) is 17.8 Å². The normalized spacial score (nSPS) is 11.3. The van der Waals surface area contributed by atoms with E-state index in [1.54, 1.807) is 48.5 Å². The highest BCUT2D eigenvalue weighted by Gasteiger charge is 2.22. The van der Waals surface area contributed by atoms with Crippen molar-refractivity contribution in [3.8, 4) is 0 Å². The molecule has 368 valence electrons. The molecule has 0 saturated heterocycles. The number of nitrogens with one attached hydrogen (secondary N) is 2. The summed E-state index contributed by atoms with van der Waals surface area (Å²) in [6.45, 7) is -5.77. The summed E-state index contributed by atoms with van der Waals surface area (Å²) in [6.07, 6.45) is 0.440. The first kappa shape index (κ1) is 56.0. The maximum absolute atomic E-state index is 12.9. The van der Waals surface area contributed by atoms with E-state index >= 15 is 0 Å². The van der Waals surface area contributed by atoms with Gasteiger partial charge in [0.15, 0.2) is 0 Å². The molecule has 0 aliphatic rings. The van der Waals surface area contributed by atoms with E-state index in [2.05, 4.69) is 10.6 Å². The molecule has 0 unspecified atom stereocenters. The predicted molar refractivity (Wildman–Crippen MR) is 233 cm³/mol. The zero-order chi connectivity index (χ0) is 50.1. The van der Waals surface area contributed by atoms with Crippen molar-refractivity contribution in [3.63, 3.8) is 0 Å². The van der Waals surface area contributed by atoms with Crippen molar-refractivity contribution < 1.29 is 88.8 Å². The summed E-state index contributed by atoms with van der Waals surface area (Å²) in [5.41, 5.74) is 2.47. The minimum absolute atomic E-state index is 0.0359. The molecule has 2 aromatic carbocycles. The van der Waals surface area contributed by atoms with Crippen LogP contribution in [0.25, 0.3) is 0 Å². The average Bonchev–Trinajstić information content (AvgIpc) is 3.19. The molecule has 10 N–H and O–H groups in total. The Labute approximate surface area is 383 Å². The molecule has 0 bridgehead atoms. The van der Waals surface area contributed by atoms with Gasteiger partial charge in [-0.1, -0.05) is 24.3 Å². The van der Waals surface area contributed by atoms with Crippen LogP contribution in [0.3, 0.4) is 0 Å². The van der Waals surface area contributed by atoms with Crippen LogP contribution in [0.15, 0.2) is 48.5 Å².